The molecule has 1 aromatic rings. The Labute approximate surface area is 103 Å². The van der Waals surface area contributed by atoms with Gasteiger partial charge in [-0.15, -0.1) is 0 Å². The van der Waals surface area contributed by atoms with Crippen molar-refractivity contribution in [3.63, 3.8) is 0 Å². The Kier molecular flexibility index (Phi) is 4.18. The van der Waals surface area contributed by atoms with Crippen LogP contribution in [0.4, 0.5) is 0 Å². The molecule has 0 radical (unpaired) electrons. The minimum atomic E-state index is -0.132. The number of nitrogens with zero attached hydrogens (tertiary/aromatic N) is 2. The lowest BCUT2D eigenvalue weighted by atomic mass is 9.88. The lowest BCUT2D eigenvalue weighted by Gasteiger charge is -2.27. The van der Waals surface area contributed by atoms with Gasteiger partial charge in [0, 0.05) is 44.1 Å². The number of aryl methyl sites for hydroxylation is 1. The highest BCUT2D eigenvalue weighted by Crippen LogP contribution is 2.22. The molecule has 96 valence electrons. The second-order valence-corrected chi connectivity index (χ2v) is 5.04. The van der Waals surface area contributed by atoms with E-state index < -0.39 is 0 Å². The van der Waals surface area contributed by atoms with Crippen molar-refractivity contribution in [2.24, 2.45) is 5.73 Å². The van der Waals surface area contributed by atoms with Gasteiger partial charge >= 0.3 is 0 Å². The summed E-state index contributed by atoms with van der Waals surface area (Å²) in [6, 6.07) is 0. The van der Waals surface area contributed by atoms with Crippen LogP contribution in [0, 0.1) is 0 Å². The maximum atomic E-state index is 6.48. The molecule has 1 atom stereocenters. The summed E-state index contributed by atoms with van der Waals surface area (Å²) < 4.78 is 7.70. The Hall–Kier alpha value is -0.870. The van der Waals surface area contributed by atoms with E-state index in [2.05, 4.69) is 22.7 Å². The highest BCUT2D eigenvalue weighted by Gasteiger charge is 2.28. The number of hydrogen-bond donors (Lipinski definition) is 1. The molecule has 1 aliphatic heterocycles. The predicted molar refractivity (Wildman–Crippen MR) is 67.8 cm³/mol. The number of aromatic nitrogens is 2. The molecular weight excluding hydrogens is 214 g/mol. The minimum Gasteiger partial charge on any atom is -0.381 e. The molecule has 1 unspecified atom stereocenters. The molecule has 1 saturated heterocycles. The van der Waals surface area contributed by atoms with Crippen LogP contribution in [0.5, 0.6) is 0 Å². The average Bonchev–Trinajstić information content (AvgIpc) is 2.60. The second-order valence-electron chi connectivity index (χ2n) is 5.04. The van der Waals surface area contributed by atoms with Crippen molar-refractivity contribution in [2.75, 3.05) is 13.2 Å². The lowest BCUT2D eigenvalue weighted by Crippen LogP contribution is -2.43. The Morgan fingerprint density at radius 2 is 2.35 bits per heavy atom. The number of hydrogen-bond acceptors (Lipinski definition) is 3. The maximum Gasteiger partial charge on any atom is 0.110 e. The summed E-state index contributed by atoms with van der Waals surface area (Å²) in [6.07, 6.45) is 8.95. The van der Waals surface area contributed by atoms with E-state index in [9.17, 15) is 0 Å². The Morgan fingerprint density at radius 1 is 1.47 bits per heavy atom. The van der Waals surface area contributed by atoms with Crippen LogP contribution in [0.2, 0.25) is 0 Å². The highest BCUT2D eigenvalue weighted by molar-refractivity contribution is 5.01. The molecule has 0 aromatic carbocycles. The fraction of sp³-hybridized carbons (Fsp3) is 0.769. The van der Waals surface area contributed by atoms with Crippen molar-refractivity contribution < 1.29 is 4.74 Å². The fourth-order valence-corrected chi connectivity index (χ4v) is 2.47. The van der Waals surface area contributed by atoms with Gasteiger partial charge in [0.05, 0.1) is 0 Å². The first-order valence-corrected chi connectivity index (χ1v) is 6.60. The van der Waals surface area contributed by atoms with E-state index >= 15 is 0 Å². The molecule has 1 aliphatic rings. The zero-order valence-corrected chi connectivity index (χ0v) is 10.7. The van der Waals surface area contributed by atoms with Gasteiger partial charge in [0.25, 0.3) is 0 Å². The summed E-state index contributed by atoms with van der Waals surface area (Å²) in [7, 11) is 0. The van der Waals surface area contributed by atoms with Gasteiger partial charge in [-0.1, -0.05) is 6.92 Å². The number of rotatable bonds is 4. The van der Waals surface area contributed by atoms with E-state index in [0.29, 0.717) is 0 Å². The summed E-state index contributed by atoms with van der Waals surface area (Å²) in [5.41, 5.74) is 6.35. The molecule has 2 heterocycles. The molecular formula is C13H23N3O. The normalized spacial score (nSPS) is 25.8. The second kappa shape index (κ2) is 5.65. The first kappa shape index (κ1) is 12.6. The number of nitrogens with two attached hydrogens (primary N) is 1. The Balaban J connectivity index is 2.04. The van der Waals surface area contributed by atoms with Crippen LogP contribution in [0.3, 0.4) is 0 Å². The van der Waals surface area contributed by atoms with Crippen LogP contribution >= 0.6 is 0 Å². The SMILES string of the molecule is CCCn1ccnc1CC1(N)CCCOCC1. The maximum absolute atomic E-state index is 6.48. The molecule has 0 saturated carbocycles. The van der Waals surface area contributed by atoms with Crippen LogP contribution in [0.1, 0.15) is 38.4 Å². The minimum absolute atomic E-state index is 0.132. The molecule has 4 heteroatoms. The lowest BCUT2D eigenvalue weighted by molar-refractivity contribution is 0.139. The van der Waals surface area contributed by atoms with E-state index in [1.807, 2.05) is 6.20 Å². The van der Waals surface area contributed by atoms with E-state index in [0.717, 1.165) is 57.7 Å². The van der Waals surface area contributed by atoms with Crippen LogP contribution in [-0.4, -0.2) is 28.3 Å². The molecule has 1 aromatic heterocycles. The molecule has 0 spiro atoms. The Morgan fingerprint density at radius 3 is 3.18 bits per heavy atom. The summed E-state index contributed by atoms with van der Waals surface area (Å²) in [6.45, 7) is 4.84. The van der Waals surface area contributed by atoms with Crippen molar-refractivity contribution in [1.29, 1.82) is 0 Å². The predicted octanol–water partition coefficient (Wildman–Crippen LogP) is 1.73. The van der Waals surface area contributed by atoms with Gasteiger partial charge < -0.3 is 15.0 Å². The smallest absolute Gasteiger partial charge is 0.110 e. The summed E-state index contributed by atoms with van der Waals surface area (Å²) in [5.74, 6) is 1.12. The van der Waals surface area contributed by atoms with Gasteiger partial charge in [0.1, 0.15) is 5.82 Å². The first-order chi connectivity index (χ1) is 8.23. The summed E-state index contributed by atoms with van der Waals surface area (Å²) >= 11 is 0. The zero-order valence-electron chi connectivity index (χ0n) is 10.7. The molecule has 0 bridgehead atoms. The fourth-order valence-electron chi connectivity index (χ4n) is 2.47. The zero-order chi connectivity index (χ0) is 12.1. The summed E-state index contributed by atoms with van der Waals surface area (Å²) in [4.78, 5) is 4.45. The van der Waals surface area contributed by atoms with Crippen molar-refractivity contribution >= 4 is 0 Å². The summed E-state index contributed by atoms with van der Waals surface area (Å²) in [5, 5.41) is 0. The largest absolute Gasteiger partial charge is 0.381 e. The highest BCUT2D eigenvalue weighted by atomic mass is 16.5. The molecule has 2 rings (SSSR count). The van der Waals surface area contributed by atoms with E-state index in [1.165, 1.54) is 0 Å². The van der Waals surface area contributed by atoms with E-state index in [4.69, 9.17) is 10.5 Å². The standard InChI is InChI=1S/C13H23N3O/c1-2-7-16-8-6-15-12(16)11-13(14)4-3-9-17-10-5-13/h6,8H,2-5,7,9-11,14H2,1H3. The topological polar surface area (TPSA) is 53.1 Å². The van der Waals surface area contributed by atoms with Crippen molar-refractivity contribution in [2.45, 2.75) is 51.1 Å². The average molecular weight is 237 g/mol. The van der Waals surface area contributed by atoms with Crippen LogP contribution < -0.4 is 5.73 Å². The van der Waals surface area contributed by atoms with Crippen LogP contribution in [-0.2, 0) is 17.7 Å². The van der Waals surface area contributed by atoms with Crippen molar-refractivity contribution in [3.8, 4) is 0 Å². The van der Waals surface area contributed by atoms with Gasteiger partial charge in [0.2, 0.25) is 0 Å². The number of imidazole rings is 1. The number of ether oxygens (including phenoxy) is 1. The molecule has 2 N–H and O–H groups in total. The van der Waals surface area contributed by atoms with Gasteiger partial charge in [-0.05, 0) is 25.7 Å². The first-order valence-electron chi connectivity index (χ1n) is 6.60. The third kappa shape index (κ3) is 3.30. The quantitative estimate of drug-likeness (QED) is 0.867. The third-order valence-electron chi connectivity index (χ3n) is 3.48. The molecule has 0 amide bonds. The van der Waals surface area contributed by atoms with Gasteiger partial charge in [-0.25, -0.2) is 4.98 Å². The van der Waals surface area contributed by atoms with Gasteiger partial charge in [0.15, 0.2) is 0 Å². The molecule has 17 heavy (non-hydrogen) atoms. The van der Waals surface area contributed by atoms with Gasteiger partial charge in [-0.2, -0.15) is 0 Å². The van der Waals surface area contributed by atoms with Gasteiger partial charge in [-0.3, -0.25) is 0 Å². The molecule has 0 aliphatic carbocycles. The third-order valence-corrected chi connectivity index (χ3v) is 3.48. The Bertz CT molecular complexity index is 340. The van der Waals surface area contributed by atoms with Crippen LogP contribution in [0.15, 0.2) is 12.4 Å². The van der Waals surface area contributed by atoms with E-state index in [-0.39, 0.29) is 5.54 Å². The monoisotopic (exact) mass is 237 g/mol. The van der Waals surface area contributed by atoms with Crippen molar-refractivity contribution in [1.82, 2.24) is 9.55 Å². The van der Waals surface area contributed by atoms with E-state index in [1.54, 1.807) is 0 Å². The van der Waals surface area contributed by atoms with Crippen molar-refractivity contribution in [3.05, 3.63) is 18.2 Å². The molecule has 1 fully saturated rings. The van der Waals surface area contributed by atoms with Crippen LogP contribution in [0.25, 0.3) is 0 Å². The molecule has 4 nitrogen and oxygen atoms in total.